The average Bonchev–Trinajstić information content (AvgIpc) is 2.47. The minimum absolute atomic E-state index is 0.365. The van der Waals surface area contributed by atoms with Gasteiger partial charge >= 0.3 is 0 Å². The summed E-state index contributed by atoms with van der Waals surface area (Å²) in [5.41, 5.74) is 0. The summed E-state index contributed by atoms with van der Waals surface area (Å²) in [6.45, 7) is 9.45. The van der Waals surface area contributed by atoms with Gasteiger partial charge in [0.1, 0.15) is 0 Å². The first-order valence-corrected chi connectivity index (χ1v) is 9.79. The Hall–Kier alpha value is -0.0400. The van der Waals surface area contributed by atoms with Gasteiger partial charge in [-0.2, -0.15) is 0 Å². The summed E-state index contributed by atoms with van der Waals surface area (Å²) >= 11 is 0. The van der Waals surface area contributed by atoms with Gasteiger partial charge in [-0.05, 0) is 12.3 Å². The van der Waals surface area contributed by atoms with Crippen LogP contribution in [0.4, 0.5) is 0 Å². The van der Waals surface area contributed by atoms with Crippen molar-refractivity contribution in [2.75, 3.05) is 6.61 Å². The third-order valence-electron chi connectivity index (χ3n) is 3.90. The van der Waals surface area contributed by atoms with E-state index < -0.39 is 0 Å². The smallest absolute Gasteiger partial charge is 0.0431 e. The van der Waals surface area contributed by atoms with E-state index in [1.54, 1.807) is 0 Å². The Balaban J connectivity index is 0. The molecule has 0 unspecified atom stereocenters. The average molecular weight is 301 g/mol. The summed E-state index contributed by atoms with van der Waals surface area (Å²) in [4.78, 5) is 0. The van der Waals surface area contributed by atoms with Crippen molar-refractivity contribution in [3.8, 4) is 0 Å². The molecule has 130 valence electrons. The van der Waals surface area contributed by atoms with Crippen LogP contribution in [0.3, 0.4) is 0 Å². The molecule has 0 aliphatic rings. The van der Waals surface area contributed by atoms with Crippen LogP contribution >= 0.6 is 0 Å². The number of aliphatic hydroxyl groups excluding tert-OH is 1. The molecule has 0 bridgehead atoms. The van der Waals surface area contributed by atoms with E-state index in [0.717, 1.165) is 12.3 Å². The number of unbranched alkanes of at least 4 members (excludes halogenated alkanes) is 11. The molecular weight excluding hydrogens is 256 g/mol. The molecule has 0 aromatic heterocycles. The molecule has 1 nitrogen and oxygen atoms in total. The van der Waals surface area contributed by atoms with Crippen LogP contribution in [0.15, 0.2) is 0 Å². The Kier molecular flexibility index (Phi) is 24.6. The molecule has 0 aliphatic carbocycles. The second-order valence-electron chi connectivity index (χ2n) is 6.80. The highest BCUT2D eigenvalue weighted by molar-refractivity contribution is 4.47. The normalized spacial score (nSPS) is 10.6. The van der Waals surface area contributed by atoms with Gasteiger partial charge in [-0.25, -0.2) is 0 Å². The highest BCUT2D eigenvalue weighted by atomic mass is 16.2. The second kappa shape index (κ2) is 22.2. The summed E-state index contributed by atoms with van der Waals surface area (Å²) in [5, 5.41) is 8.51. The lowest BCUT2D eigenvalue weighted by Gasteiger charge is -2.03. The predicted molar refractivity (Wildman–Crippen MR) is 97.9 cm³/mol. The molecule has 0 heterocycles. The topological polar surface area (TPSA) is 20.2 Å². The van der Waals surface area contributed by atoms with E-state index in [0.29, 0.717) is 6.61 Å². The lowest BCUT2D eigenvalue weighted by atomic mass is 10.0. The van der Waals surface area contributed by atoms with Gasteiger partial charge in [-0.3, -0.25) is 0 Å². The van der Waals surface area contributed by atoms with Crippen molar-refractivity contribution >= 4 is 0 Å². The Morgan fingerprint density at radius 2 is 0.952 bits per heavy atom. The molecule has 0 aromatic rings. The monoisotopic (exact) mass is 300 g/mol. The highest BCUT2D eigenvalue weighted by Gasteiger charge is 1.93. The van der Waals surface area contributed by atoms with Crippen LogP contribution in [0.2, 0.25) is 0 Å². The van der Waals surface area contributed by atoms with Crippen molar-refractivity contribution in [2.24, 2.45) is 5.92 Å². The van der Waals surface area contributed by atoms with Crippen LogP contribution in [-0.4, -0.2) is 11.7 Å². The second-order valence-corrected chi connectivity index (χ2v) is 6.80. The highest BCUT2D eigenvalue weighted by Crippen LogP contribution is 2.10. The van der Waals surface area contributed by atoms with Gasteiger partial charge in [0, 0.05) is 6.61 Å². The van der Waals surface area contributed by atoms with Gasteiger partial charge in [-0.15, -0.1) is 0 Å². The molecule has 0 spiro atoms. The molecular formula is C20H44O. The number of aliphatic hydroxyl groups is 1. The zero-order valence-electron chi connectivity index (χ0n) is 15.6. The Morgan fingerprint density at radius 3 is 1.33 bits per heavy atom. The molecule has 0 radical (unpaired) electrons. The predicted octanol–water partition coefficient (Wildman–Crippen LogP) is 7.12. The van der Waals surface area contributed by atoms with E-state index in [1.165, 1.54) is 83.5 Å². The summed E-state index contributed by atoms with van der Waals surface area (Å²) < 4.78 is 0. The SMILES string of the molecule is CC(C)CCCCCCCO.CCCCCCCCCC. The molecule has 0 aromatic carbocycles. The van der Waals surface area contributed by atoms with Crippen molar-refractivity contribution < 1.29 is 5.11 Å². The third-order valence-corrected chi connectivity index (χ3v) is 3.90. The lowest BCUT2D eigenvalue weighted by molar-refractivity contribution is 0.282. The molecule has 0 fully saturated rings. The van der Waals surface area contributed by atoms with Crippen LogP contribution in [0.1, 0.15) is 118 Å². The summed E-state index contributed by atoms with van der Waals surface area (Å²) in [6, 6.07) is 0. The van der Waals surface area contributed by atoms with Gasteiger partial charge in [-0.1, -0.05) is 111 Å². The third kappa shape index (κ3) is 28.8. The van der Waals surface area contributed by atoms with Crippen molar-refractivity contribution in [3.05, 3.63) is 0 Å². The summed E-state index contributed by atoms with van der Waals surface area (Å²) in [7, 11) is 0. The minimum Gasteiger partial charge on any atom is -0.396 e. The van der Waals surface area contributed by atoms with Crippen LogP contribution in [0.25, 0.3) is 0 Å². The van der Waals surface area contributed by atoms with E-state index >= 15 is 0 Å². The van der Waals surface area contributed by atoms with Gasteiger partial charge in [0.25, 0.3) is 0 Å². The van der Waals surface area contributed by atoms with Crippen LogP contribution in [0.5, 0.6) is 0 Å². The van der Waals surface area contributed by atoms with Gasteiger partial charge in [0.2, 0.25) is 0 Å². The fraction of sp³-hybridized carbons (Fsp3) is 1.00. The van der Waals surface area contributed by atoms with Crippen LogP contribution in [-0.2, 0) is 0 Å². The van der Waals surface area contributed by atoms with Gasteiger partial charge < -0.3 is 5.11 Å². The van der Waals surface area contributed by atoms with Crippen LogP contribution in [0, 0.1) is 5.92 Å². The Morgan fingerprint density at radius 1 is 0.571 bits per heavy atom. The molecule has 0 atom stereocenters. The largest absolute Gasteiger partial charge is 0.396 e. The number of hydrogen-bond donors (Lipinski definition) is 1. The van der Waals surface area contributed by atoms with Crippen molar-refractivity contribution in [1.29, 1.82) is 0 Å². The maximum absolute atomic E-state index is 8.51. The zero-order chi connectivity index (χ0) is 16.2. The van der Waals surface area contributed by atoms with Crippen molar-refractivity contribution in [1.82, 2.24) is 0 Å². The summed E-state index contributed by atoms with van der Waals surface area (Å²) in [6.07, 6.45) is 19.0. The molecule has 0 saturated carbocycles. The van der Waals surface area contributed by atoms with E-state index in [4.69, 9.17) is 5.11 Å². The fourth-order valence-electron chi connectivity index (χ4n) is 2.40. The maximum Gasteiger partial charge on any atom is 0.0431 e. The van der Waals surface area contributed by atoms with E-state index in [-0.39, 0.29) is 0 Å². The number of rotatable bonds is 14. The standard InChI is InChI=1S/C10H22O.C10H22/c1-10(2)8-6-4-3-5-7-9-11;1-3-5-7-9-10-8-6-4-2/h10-11H,3-9H2,1-2H3;3-10H2,1-2H3. The van der Waals surface area contributed by atoms with E-state index in [1.807, 2.05) is 0 Å². The van der Waals surface area contributed by atoms with Gasteiger partial charge in [0.05, 0.1) is 0 Å². The molecule has 1 N–H and O–H groups in total. The van der Waals surface area contributed by atoms with Crippen molar-refractivity contribution in [3.63, 3.8) is 0 Å². The van der Waals surface area contributed by atoms with E-state index in [2.05, 4.69) is 27.7 Å². The zero-order valence-corrected chi connectivity index (χ0v) is 15.6. The lowest BCUT2D eigenvalue weighted by Crippen LogP contribution is -1.88. The van der Waals surface area contributed by atoms with Crippen LogP contribution < -0.4 is 0 Å². The number of hydrogen-bond acceptors (Lipinski definition) is 1. The molecule has 21 heavy (non-hydrogen) atoms. The molecule has 0 rings (SSSR count). The minimum atomic E-state index is 0.365. The van der Waals surface area contributed by atoms with Crippen molar-refractivity contribution in [2.45, 2.75) is 118 Å². The Bertz CT molecular complexity index is 146. The molecule has 0 amide bonds. The first-order chi connectivity index (χ1) is 10.2. The van der Waals surface area contributed by atoms with Gasteiger partial charge in [0.15, 0.2) is 0 Å². The quantitative estimate of drug-likeness (QED) is 0.338. The first kappa shape index (κ1) is 23.2. The van der Waals surface area contributed by atoms with E-state index in [9.17, 15) is 0 Å². The molecule has 1 heteroatoms. The first-order valence-electron chi connectivity index (χ1n) is 9.79. The maximum atomic E-state index is 8.51. The summed E-state index contributed by atoms with van der Waals surface area (Å²) in [5.74, 6) is 0.854. The fourth-order valence-corrected chi connectivity index (χ4v) is 2.40. The Labute approximate surface area is 135 Å². The molecule has 0 saturated heterocycles. The molecule has 0 aliphatic heterocycles.